The number of piperidine rings is 1. The van der Waals surface area contributed by atoms with Gasteiger partial charge in [0, 0.05) is 25.0 Å². The Morgan fingerprint density at radius 3 is 3.04 bits per heavy atom. The van der Waals surface area contributed by atoms with Gasteiger partial charge in [0.05, 0.1) is 6.04 Å². The summed E-state index contributed by atoms with van der Waals surface area (Å²) in [4.78, 5) is 14.5. The minimum atomic E-state index is -0.167. The van der Waals surface area contributed by atoms with E-state index in [2.05, 4.69) is 26.7 Å². The van der Waals surface area contributed by atoms with Crippen LogP contribution in [0, 0.1) is 0 Å². The molecule has 1 fully saturated rings. The zero-order valence-electron chi connectivity index (χ0n) is 14.3. The Balaban J connectivity index is 1.65. The molecule has 6 nitrogen and oxygen atoms in total. The van der Waals surface area contributed by atoms with Crippen LogP contribution in [0.1, 0.15) is 34.9 Å². The zero-order chi connectivity index (χ0) is 16.9. The van der Waals surface area contributed by atoms with Crippen LogP contribution in [0.3, 0.4) is 0 Å². The van der Waals surface area contributed by atoms with Crippen LogP contribution in [0.25, 0.3) is 0 Å². The van der Waals surface area contributed by atoms with Crippen molar-refractivity contribution in [2.45, 2.75) is 25.4 Å². The monoisotopic (exact) mass is 327 g/mol. The van der Waals surface area contributed by atoms with Crippen LogP contribution < -0.4 is 10.6 Å². The molecule has 0 radical (unpaired) electrons. The quantitative estimate of drug-likeness (QED) is 0.883. The number of rotatable bonds is 5. The van der Waals surface area contributed by atoms with Gasteiger partial charge in [0.2, 0.25) is 0 Å². The SMILES string of the molecule is CN(C)Cc1cccc(NC(=O)c2ccn(C3CCCNC3)n2)c1. The molecule has 1 saturated heterocycles. The average molecular weight is 327 g/mol. The second kappa shape index (κ2) is 7.59. The minimum Gasteiger partial charge on any atom is -0.321 e. The lowest BCUT2D eigenvalue weighted by atomic mass is 10.1. The summed E-state index contributed by atoms with van der Waals surface area (Å²) in [5.41, 5.74) is 2.42. The lowest BCUT2D eigenvalue weighted by Crippen LogP contribution is -2.32. The second-order valence-corrected chi connectivity index (χ2v) is 6.57. The summed E-state index contributed by atoms with van der Waals surface area (Å²) in [5.74, 6) is -0.167. The highest BCUT2D eigenvalue weighted by molar-refractivity contribution is 6.02. The van der Waals surface area contributed by atoms with E-state index in [0.29, 0.717) is 11.7 Å². The van der Waals surface area contributed by atoms with E-state index in [0.717, 1.165) is 43.7 Å². The number of nitrogens with zero attached hydrogens (tertiary/aromatic N) is 3. The van der Waals surface area contributed by atoms with E-state index in [9.17, 15) is 4.79 Å². The van der Waals surface area contributed by atoms with Crippen LogP contribution in [0.5, 0.6) is 0 Å². The van der Waals surface area contributed by atoms with Crippen molar-refractivity contribution in [2.75, 3.05) is 32.5 Å². The van der Waals surface area contributed by atoms with Crippen LogP contribution in [0.4, 0.5) is 5.69 Å². The van der Waals surface area contributed by atoms with Gasteiger partial charge >= 0.3 is 0 Å². The Labute approximate surface area is 142 Å². The first-order valence-corrected chi connectivity index (χ1v) is 8.43. The van der Waals surface area contributed by atoms with Gasteiger partial charge in [-0.05, 0) is 57.2 Å². The average Bonchev–Trinajstić information content (AvgIpc) is 3.05. The molecule has 2 N–H and O–H groups in total. The van der Waals surface area contributed by atoms with Crippen molar-refractivity contribution in [3.8, 4) is 0 Å². The molecule has 2 aromatic rings. The number of anilines is 1. The van der Waals surface area contributed by atoms with Crippen molar-refractivity contribution in [3.05, 3.63) is 47.8 Å². The summed E-state index contributed by atoms with van der Waals surface area (Å²) in [5, 5.41) is 10.8. The highest BCUT2D eigenvalue weighted by Gasteiger charge is 2.17. The van der Waals surface area contributed by atoms with Crippen LogP contribution in [0.15, 0.2) is 36.5 Å². The molecule has 24 heavy (non-hydrogen) atoms. The van der Waals surface area contributed by atoms with Gasteiger partial charge in [-0.15, -0.1) is 0 Å². The first-order valence-electron chi connectivity index (χ1n) is 8.43. The lowest BCUT2D eigenvalue weighted by molar-refractivity contribution is 0.102. The summed E-state index contributed by atoms with van der Waals surface area (Å²) < 4.78 is 1.91. The fourth-order valence-corrected chi connectivity index (χ4v) is 3.03. The molecule has 1 atom stereocenters. The molecule has 1 aromatic heterocycles. The molecule has 1 aliphatic rings. The van der Waals surface area contributed by atoms with Crippen LogP contribution in [-0.2, 0) is 6.54 Å². The Morgan fingerprint density at radius 2 is 2.29 bits per heavy atom. The molecule has 2 heterocycles. The van der Waals surface area contributed by atoms with Crippen molar-refractivity contribution < 1.29 is 4.79 Å². The smallest absolute Gasteiger partial charge is 0.276 e. The highest BCUT2D eigenvalue weighted by Crippen LogP contribution is 2.17. The van der Waals surface area contributed by atoms with Gasteiger partial charge in [0.25, 0.3) is 5.91 Å². The summed E-state index contributed by atoms with van der Waals surface area (Å²) in [6, 6.07) is 10.0. The maximum atomic E-state index is 12.4. The number of nitrogens with one attached hydrogen (secondary N) is 2. The van der Waals surface area contributed by atoms with Crippen molar-refractivity contribution in [1.29, 1.82) is 0 Å². The Hall–Kier alpha value is -2.18. The molecule has 0 aliphatic carbocycles. The third-order valence-electron chi connectivity index (χ3n) is 4.17. The summed E-state index contributed by atoms with van der Waals surface area (Å²) in [6.45, 7) is 2.82. The van der Waals surface area contributed by atoms with E-state index >= 15 is 0 Å². The van der Waals surface area contributed by atoms with Gasteiger partial charge in [0.15, 0.2) is 5.69 Å². The van der Waals surface area contributed by atoms with Crippen LogP contribution in [-0.4, -0.2) is 47.8 Å². The number of hydrogen-bond donors (Lipinski definition) is 2. The van der Waals surface area contributed by atoms with E-state index in [1.54, 1.807) is 6.07 Å². The third-order valence-corrected chi connectivity index (χ3v) is 4.17. The topological polar surface area (TPSA) is 62.2 Å². The van der Waals surface area contributed by atoms with E-state index < -0.39 is 0 Å². The van der Waals surface area contributed by atoms with Crippen LogP contribution >= 0.6 is 0 Å². The normalized spacial score (nSPS) is 17.9. The van der Waals surface area contributed by atoms with Crippen LogP contribution in [0.2, 0.25) is 0 Å². The predicted octanol–water partition coefficient (Wildman–Crippen LogP) is 2.12. The minimum absolute atomic E-state index is 0.167. The van der Waals surface area contributed by atoms with Gasteiger partial charge in [0.1, 0.15) is 0 Å². The largest absolute Gasteiger partial charge is 0.321 e. The van der Waals surface area contributed by atoms with Gasteiger partial charge in [-0.2, -0.15) is 5.10 Å². The maximum absolute atomic E-state index is 12.4. The Morgan fingerprint density at radius 1 is 1.42 bits per heavy atom. The molecule has 128 valence electrons. The number of hydrogen-bond acceptors (Lipinski definition) is 4. The number of benzene rings is 1. The van der Waals surface area contributed by atoms with E-state index in [4.69, 9.17) is 0 Å². The van der Waals surface area contributed by atoms with E-state index in [1.807, 2.05) is 43.2 Å². The van der Waals surface area contributed by atoms with Gasteiger partial charge in [-0.25, -0.2) is 0 Å². The standard InChI is InChI=1S/C18H25N5O/c1-22(2)13-14-5-3-6-15(11-14)20-18(24)17-8-10-23(21-17)16-7-4-9-19-12-16/h3,5-6,8,10-11,16,19H,4,7,9,12-13H2,1-2H3,(H,20,24). The molecule has 1 amide bonds. The zero-order valence-corrected chi connectivity index (χ0v) is 14.3. The molecule has 1 aromatic carbocycles. The van der Waals surface area contributed by atoms with Gasteiger partial charge < -0.3 is 15.5 Å². The number of carbonyl (C=O) groups is 1. The predicted molar refractivity (Wildman–Crippen MR) is 95.2 cm³/mol. The molecule has 0 saturated carbocycles. The van der Waals surface area contributed by atoms with Crippen molar-refractivity contribution in [3.63, 3.8) is 0 Å². The highest BCUT2D eigenvalue weighted by atomic mass is 16.1. The Kier molecular flexibility index (Phi) is 5.27. The first kappa shape index (κ1) is 16.7. The van der Waals surface area contributed by atoms with Crippen molar-refractivity contribution in [2.24, 2.45) is 0 Å². The van der Waals surface area contributed by atoms with E-state index in [1.165, 1.54) is 0 Å². The molecule has 1 unspecified atom stereocenters. The molecule has 6 heteroatoms. The number of aromatic nitrogens is 2. The lowest BCUT2D eigenvalue weighted by Gasteiger charge is -2.22. The molecule has 1 aliphatic heterocycles. The molecule has 3 rings (SSSR count). The fourth-order valence-electron chi connectivity index (χ4n) is 3.03. The molecular formula is C18H25N5O. The second-order valence-electron chi connectivity index (χ2n) is 6.57. The fraction of sp³-hybridized carbons (Fsp3) is 0.444. The van der Waals surface area contributed by atoms with Crippen molar-refractivity contribution >= 4 is 11.6 Å². The molecule has 0 bridgehead atoms. The summed E-state index contributed by atoms with van der Waals surface area (Å²) >= 11 is 0. The van der Waals surface area contributed by atoms with Gasteiger partial charge in [-0.1, -0.05) is 12.1 Å². The molecular weight excluding hydrogens is 302 g/mol. The molecule has 0 spiro atoms. The van der Waals surface area contributed by atoms with E-state index in [-0.39, 0.29) is 5.91 Å². The Bertz CT molecular complexity index is 688. The summed E-state index contributed by atoms with van der Waals surface area (Å²) in [6.07, 6.45) is 4.14. The number of carbonyl (C=O) groups excluding carboxylic acids is 1. The first-order chi connectivity index (χ1) is 11.6. The summed E-state index contributed by atoms with van der Waals surface area (Å²) in [7, 11) is 4.05. The van der Waals surface area contributed by atoms with Crippen molar-refractivity contribution in [1.82, 2.24) is 20.0 Å². The third kappa shape index (κ3) is 4.21. The maximum Gasteiger partial charge on any atom is 0.276 e. The van der Waals surface area contributed by atoms with Gasteiger partial charge in [-0.3, -0.25) is 9.48 Å². The number of amides is 1.